The number of carboxylic acids is 1. The van der Waals surface area contributed by atoms with Gasteiger partial charge >= 0.3 is 5.97 Å². The van der Waals surface area contributed by atoms with E-state index >= 15 is 0 Å². The number of nitrogens with one attached hydrogen (secondary N) is 1. The number of anilines is 1. The molecule has 0 aromatic heterocycles. The maximum absolute atomic E-state index is 12.5. The molecule has 110 valence electrons. The van der Waals surface area contributed by atoms with Crippen LogP contribution in [0.3, 0.4) is 0 Å². The van der Waals surface area contributed by atoms with Crippen molar-refractivity contribution in [2.24, 2.45) is 0 Å². The van der Waals surface area contributed by atoms with Crippen molar-refractivity contribution in [2.45, 2.75) is 10.9 Å². The molecule has 0 radical (unpaired) electrons. The van der Waals surface area contributed by atoms with Crippen LogP contribution >= 0.6 is 23.5 Å². The Labute approximate surface area is 129 Å². The molecule has 2 aliphatic rings. The standard InChI is InChI=1S/C13H12N2O4S2/c16-11-5-21-10-2-1-7(3-8(10)14-11)12(17)15-6-20-4-9(15)13(18)19/h1-3,9H,4-6H2,(H,14,16)(H,18,19)/t9-/m0/s1. The summed E-state index contributed by atoms with van der Waals surface area (Å²) in [6.45, 7) is 0. The fourth-order valence-electron chi connectivity index (χ4n) is 2.23. The first-order valence-electron chi connectivity index (χ1n) is 6.24. The highest BCUT2D eigenvalue weighted by Gasteiger charge is 2.35. The van der Waals surface area contributed by atoms with E-state index in [0.29, 0.717) is 28.6 Å². The average molecular weight is 324 g/mol. The number of amides is 2. The molecule has 2 N–H and O–H groups in total. The highest BCUT2D eigenvalue weighted by molar-refractivity contribution is 8.00. The minimum atomic E-state index is -0.991. The molecule has 1 aromatic carbocycles. The normalized spacial score (nSPS) is 20.9. The lowest BCUT2D eigenvalue weighted by atomic mass is 10.1. The number of aliphatic carboxylic acids is 1. The predicted molar refractivity (Wildman–Crippen MR) is 80.7 cm³/mol. The molecule has 0 unspecified atom stereocenters. The van der Waals surface area contributed by atoms with Crippen LogP contribution in [0.2, 0.25) is 0 Å². The van der Waals surface area contributed by atoms with Crippen LogP contribution in [-0.4, -0.2) is 51.2 Å². The molecule has 1 fully saturated rings. The first kappa shape index (κ1) is 14.3. The number of hydrogen-bond acceptors (Lipinski definition) is 5. The van der Waals surface area contributed by atoms with Gasteiger partial charge in [-0.3, -0.25) is 9.59 Å². The van der Waals surface area contributed by atoms with Crippen LogP contribution in [-0.2, 0) is 9.59 Å². The van der Waals surface area contributed by atoms with Crippen molar-refractivity contribution in [2.75, 3.05) is 22.7 Å². The second kappa shape index (κ2) is 5.61. The summed E-state index contributed by atoms with van der Waals surface area (Å²) in [4.78, 5) is 37.3. The third-order valence-corrected chi connectivity index (χ3v) is 5.37. The molecule has 3 rings (SSSR count). The van der Waals surface area contributed by atoms with Crippen molar-refractivity contribution in [3.05, 3.63) is 23.8 Å². The van der Waals surface area contributed by atoms with E-state index in [1.807, 2.05) is 0 Å². The molecule has 0 bridgehead atoms. The number of nitrogens with zero attached hydrogens (tertiary/aromatic N) is 1. The molecule has 1 atom stereocenters. The Morgan fingerprint density at radius 2 is 2.19 bits per heavy atom. The van der Waals surface area contributed by atoms with E-state index < -0.39 is 12.0 Å². The van der Waals surface area contributed by atoms with Crippen molar-refractivity contribution >= 4 is 47.0 Å². The lowest BCUT2D eigenvalue weighted by molar-refractivity contribution is -0.140. The molecule has 8 heteroatoms. The van der Waals surface area contributed by atoms with Crippen molar-refractivity contribution in [3.8, 4) is 0 Å². The van der Waals surface area contributed by atoms with E-state index in [9.17, 15) is 14.4 Å². The third kappa shape index (κ3) is 2.73. The molecule has 0 aliphatic carbocycles. The van der Waals surface area contributed by atoms with E-state index in [1.165, 1.54) is 28.4 Å². The van der Waals surface area contributed by atoms with Gasteiger partial charge in [-0.25, -0.2) is 4.79 Å². The van der Waals surface area contributed by atoms with Crippen molar-refractivity contribution in [1.29, 1.82) is 0 Å². The van der Waals surface area contributed by atoms with Gasteiger partial charge in [-0.2, -0.15) is 0 Å². The zero-order valence-corrected chi connectivity index (χ0v) is 12.5. The van der Waals surface area contributed by atoms with Crippen LogP contribution in [0.5, 0.6) is 0 Å². The van der Waals surface area contributed by atoms with E-state index in [1.54, 1.807) is 18.2 Å². The monoisotopic (exact) mass is 324 g/mol. The van der Waals surface area contributed by atoms with Gasteiger partial charge < -0.3 is 15.3 Å². The molecule has 1 saturated heterocycles. The smallest absolute Gasteiger partial charge is 0.327 e. The largest absolute Gasteiger partial charge is 0.480 e. The molecule has 21 heavy (non-hydrogen) atoms. The zero-order chi connectivity index (χ0) is 15.0. The average Bonchev–Trinajstić information content (AvgIpc) is 2.95. The molecule has 0 spiro atoms. The number of benzene rings is 1. The van der Waals surface area contributed by atoms with Crippen molar-refractivity contribution < 1.29 is 19.5 Å². The zero-order valence-electron chi connectivity index (χ0n) is 10.9. The number of carbonyl (C=O) groups excluding carboxylic acids is 2. The topological polar surface area (TPSA) is 86.7 Å². The third-order valence-electron chi connectivity index (χ3n) is 3.29. The fourth-order valence-corrected chi connectivity index (χ4v) is 4.16. The van der Waals surface area contributed by atoms with Crippen LogP contribution in [0.4, 0.5) is 5.69 Å². The van der Waals surface area contributed by atoms with Gasteiger partial charge in [0.15, 0.2) is 0 Å². The van der Waals surface area contributed by atoms with Crippen LogP contribution in [0.15, 0.2) is 23.1 Å². The van der Waals surface area contributed by atoms with E-state index in [0.717, 1.165) is 4.90 Å². The lowest BCUT2D eigenvalue weighted by Gasteiger charge is -2.22. The summed E-state index contributed by atoms with van der Waals surface area (Å²) in [7, 11) is 0. The molecule has 2 amide bonds. The van der Waals surface area contributed by atoms with Gasteiger partial charge in [0.2, 0.25) is 5.91 Å². The number of carbonyl (C=O) groups is 3. The van der Waals surface area contributed by atoms with Crippen LogP contribution in [0.25, 0.3) is 0 Å². The number of hydrogen-bond donors (Lipinski definition) is 2. The van der Waals surface area contributed by atoms with Gasteiger partial charge in [0.1, 0.15) is 6.04 Å². The number of rotatable bonds is 2. The van der Waals surface area contributed by atoms with E-state index in [-0.39, 0.29) is 11.8 Å². The predicted octanol–water partition coefficient (Wildman–Crippen LogP) is 1.33. The Hall–Kier alpha value is -1.67. The highest BCUT2D eigenvalue weighted by Crippen LogP contribution is 2.33. The molecule has 2 aliphatic heterocycles. The van der Waals surface area contributed by atoms with Gasteiger partial charge in [0, 0.05) is 16.2 Å². The Bertz CT molecular complexity index is 635. The molecular formula is C13H12N2O4S2. The SMILES string of the molecule is O=C1CSc2ccc(C(=O)N3CSC[C@H]3C(=O)O)cc2N1. The van der Waals surface area contributed by atoms with Crippen LogP contribution in [0.1, 0.15) is 10.4 Å². The fraction of sp³-hybridized carbons (Fsp3) is 0.308. The van der Waals surface area contributed by atoms with Gasteiger partial charge in [0.25, 0.3) is 5.91 Å². The lowest BCUT2D eigenvalue weighted by Crippen LogP contribution is -2.41. The number of carboxylic acid groups (broad SMARTS) is 1. The summed E-state index contributed by atoms with van der Waals surface area (Å²) in [5, 5.41) is 11.9. The van der Waals surface area contributed by atoms with E-state index in [2.05, 4.69) is 5.32 Å². The summed E-state index contributed by atoms with van der Waals surface area (Å²) in [6, 6.07) is 4.28. The highest BCUT2D eigenvalue weighted by atomic mass is 32.2. The number of fused-ring (bicyclic) bond motifs is 1. The summed E-state index contributed by atoms with van der Waals surface area (Å²) in [5.74, 6) is -0.274. The van der Waals surface area contributed by atoms with Crippen LogP contribution in [0, 0.1) is 0 Å². The minimum absolute atomic E-state index is 0.0998. The van der Waals surface area contributed by atoms with Gasteiger partial charge in [-0.15, -0.1) is 23.5 Å². The molecule has 0 saturated carbocycles. The Morgan fingerprint density at radius 3 is 2.95 bits per heavy atom. The summed E-state index contributed by atoms with van der Waals surface area (Å²) in [5.41, 5.74) is 1.01. The number of thioether (sulfide) groups is 2. The molecule has 1 aromatic rings. The Kier molecular flexibility index (Phi) is 3.81. The van der Waals surface area contributed by atoms with Gasteiger partial charge in [-0.1, -0.05) is 0 Å². The molecule has 6 nitrogen and oxygen atoms in total. The minimum Gasteiger partial charge on any atom is -0.480 e. The molecular weight excluding hydrogens is 312 g/mol. The Morgan fingerprint density at radius 1 is 1.38 bits per heavy atom. The second-order valence-corrected chi connectivity index (χ2v) is 6.69. The molecule has 2 heterocycles. The summed E-state index contributed by atoms with van der Waals surface area (Å²) >= 11 is 2.84. The van der Waals surface area contributed by atoms with Crippen LogP contribution < -0.4 is 5.32 Å². The first-order chi connectivity index (χ1) is 10.1. The Balaban J connectivity index is 1.87. The second-order valence-electron chi connectivity index (χ2n) is 4.68. The maximum atomic E-state index is 12.5. The van der Waals surface area contributed by atoms with Crippen molar-refractivity contribution in [1.82, 2.24) is 4.90 Å². The first-order valence-corrected chi connectivity index (χ1v) is 8.38. The summed E-state index contributed by atoms with van der Waals surface area (Å²) < 4.78 is 0. The van der Waals surface area contributed by atoms with E-state index in [4.69, 9.17) is 5.11 Å². The maximum Gasteiger partial charge on any atom is 0.327 e. The van der Waals surface area contributed by atoms with Gasteiger partial charge in [0.05, 0.1) is 17.3 Å². The quantitative estimate of drug-likeness (QED) is 0.853. The van der Waals surface area contributed by atoms with Gasteiger partial charge in [-0.05, 0) is 18.2 Å². The van der Waals surface area contributed by atoms with Crippen molar-refractivity contribution in [3.63, 3.8) is 0 Å². The summed E-state index contributed by atoms with van der Waals surface area (Å²) in [6.07, 6.45) is 0.